The van der Waals surface area contributed by atoms with E-state index in [-0.39, 0.29) is 0 Å². The third-order valence-electron chi connectivity index (χ3n) is 2.12. The number of alkyl halides is 1. The van der Waals surface area contributed by atoms with Crippen LogP contribution in [0.4, 0.5) is 9.93 Å². The van der Waals surface area contributed by atoms with E-state index in [0.717, 1.165) is 11.0 Å². The molecule has 18 heavy (non-hydrogen) atoms. The zero-order chi connectivity index (χ0) is 13.9. The number of hydrogen-bond donors (Lipinski definition) is 1. The monoisotopic (exact) mass is 334 g/mol. The second-order valence-electron chi connectivity index (χ2n) is 5.15. The fourth-order valence-corrected chi connectivity index (χ4v) is 2.92. The van der Waals surface area contributed by atoms with E-state index in [1.165, 1.54) is 16.2 Å². The van der Waals surface area contributed by atoms with E-state index in [4.69, 9.17) is 4.74 Å². The number of carbonyl (C=O) groups is 1. The highest BCUT2D eigenvalue weighted by Gasteiger charge is 2.19. The highest BCUT2D eigenvalue weighted by Crippen LogP contribution is 2.30. The zero-order valence-electron chi connectivity index (χ0n) is 11.3. The van der Waals surface area contributed by atoms with Gasteiger partial charge in [0.1, 0.15) is 5.60 Å². The topological polar surface area (TPSA) is 51.2 Å². The molecule has 102 valence electrons. The first-order valence-corrected chi connectivity index (χ1v) is 7.70. The normalized spacial score (nSPS) is 13.2. The molecule has 0 aliphatic rings. The van der Waals surface area contributed by atoms with E-state index < -0.39 is 11.7 Å². The molecule has 4 nitrogen and oxygen atoms in total. The molecule has 1 unspecified atom stereocenters. The van der Waals surface area contributed by atoms with Gasteiger partial charge in [-0.2, -0.15) is 0 Å². The number of aryl methyl sites for hydroxylation is 1. The van der Waals surface area contributed by atoms with Crippen LogP contribution in [0.1, 0.15) is 44.2 Å². The van der Waals surface area contributed by atoms with Crippen molar-refractivity contribution in [1.82, 2.24) is 4.98 Å². The summed E-state index contributed by atoms with van der Waals surface area (Å²) in [5.41, 5.74) is 0.459. The van der Waals surface area contributed by atoms with Crippen molar-refractivity contribution in [3.05, 3.63) is 10.6 Å². The number of hydrogen-bond acceptors (Lipinski definition) is 4. The standard InChI is InChI=1S/C12H19BrN2O2S/c1-7(6-13)9-8(2)14-10(18-9)15-11(16)17-12(3,4)5/h7H,6H2,1-5H3,(H,14,15,16). The lowest BCUT2D eigenvalue weighted by Gasteiger charge is -2.18. The number of amides is 1. The second kappa shape index (κ2) is 6.02. The summed E-state index contributed by atoms with van der Waals surface area (Å²) in [4.78, 5) is 17.1. The van der Waals surface area contributed by atoms with Crippen LogP contribution in [0.5, 0.6) is 0 Å². The first-order chi connectivity index (χ1) is 8.23. The Morgan fingerprint density at radius 3 is 2.67 bits per heavy atom. The van der Waals surface area contributed by atoms with Gasteiger partial charge in [-0.05, 0) is 27.7 Å². The summed E-state index contributed by atoms with van der Waals surface area (Å²) in [6.45, 7) is 9.56. The molecule has 1 atom stereocenters. The Morgan fingerprint density at radius 1 is 1.56 bits per heavy atom. The maximum Gasteiger partial charge on any atom is 0.413 e. The van der Waals surface area contributed by atoms with Gasteiger partial charge in [0, 0.05) is 16.1 Å². The SMILES string of the molecule is Cc1nc(NC(=O)OC(C)(C)C)sc1C(C)CBr. The molecule has 1 aromatic rings. The van der Waals surface area contributed by atoms with Gasteiger partial charge in [0.05, 0.1) is 5.69 Å². The third-order valence-corrected chi connectivity index (χ3v) is 4.40. The number of anilines is 1. The van der Waals surface area contributed by atoms with E-state index in [2.05, 4.69) is 33.2 Å². The van der Waals surface area contributed by atoms with E-state index in [9.17, 15) is 4.79 Å². The average Bonchev–Trinajstić information content (AvgIpc) is 2.55. The number of nitrogens with zero attached hydrogens (tertiary/aromatic N) is 1. The molecule has 0 aliphatic carbocycles. The van der Waals surface area contributed by atoms with Gasteiger partial charge in [0.15, 0.2) is 5.13 Å². The molecule has 1 amide bonds. The van der Waals surface area contributed by atoms with Crippen LogP contribution in [0.15, 0.2) is 0 Å². The Kier molecular flexibility index (Phi) is 5.16. The lowest BCUT2D eigenvalue weighted by atomic mass is 10.1. The molecular formula is C12H19BrN2O2S. The van der Waals surface area contributed by atoms with Crippen LogP contribution in [0.2, 0.25) is 0 Å². The Bertz CT molecular complexity index is 426. The molecule has 1 heterocycles. The zero-order valence-corrected chi connectivity index (χ0v) is 13.7. The lowest BCUT2D eigenvalue weighted by Crippen LogP contribution is -2.27. The first-order valence-electron chi connectivity index (χ1n) is 5.76. The number of halogens is 1. The minimum absolute atomic E-state index is 0.386. The average molecular weight is 335 g/mol. The van der Waals surface area contributed by atoms with Gasteiger partial charge in [-0.15, -0.1) is 11.3 Å². The van der Waals surface area contributed by atoms with Gasteiger partial charge < -0.3 is 4.74 Å². The molecule has 0 fully saturated rings. The maximum absolute atomic E-state index is 11.6. The summed E-state index contributed by atoms with van der Waals surface area (Å²) in [6.07, 6.45) is -0.464. The van der Waals surface area contributed by atoms with Gasteiger partial charge in [-0.3, -0.25) is 5.32 Å². The Hall–Kier alpha value is -0.620. The molecule has 6 heteroatoms. The van der Waals surface area contributed by atoms with E-state index in [0.29, 0.717) is 11.0 Å². The van der Waals surface area contributed by atoms with Crippen molar-refractivity contribution >= 4 is 38.5 Å². The van der Waals surface area contributed by atoms with Crippen molar-refractivity contribution in [2.45, 2.75) is 46.1 Å². The Morgan fingerprint density at radius 2 is 2.17 bits per heavy atom. The quantitative estimate of drug-likeness (QED) is 0.838. The maximum atomic E-state index is 11.6. The second-order valence-corrected chi connectivity index (χ2v) is 6.83. The molecule has 1 N–H and O–H groups in total. The summed E-state index contributed by atoms with van der Waals surface area (Å²) in [7, 11) is 0. The largest absolute Gasteiger partial charge is 0.444 e. The number of carbonyl (C=O) groups excluding carboxylic acids is 1. The molecular weight excluding hydrogens is 316 g/mol. The molecule has 0 bridgehead atoms. The van der Waals surface area contributed by atoms with Crippen LogP contribution in [-0.4, -0.2) is 22.0 Å². The third kappa shape index (κ3) is 4.57. The lowest BCUT2D eigenvalue weighted by molar-refractivity contribution is 0.0636. The highest BCUT2D eigenvalue weighted by atomic mass is 79.9. The Labute approximate surface area is 120 Å². The van der Waals surface area contributed by atoms with Crippen LogP contribution in [-0.2, 0) is 4.74 Å². The molecule has 0 saturated heterocycles. The molecule has 0 aliphatic heterocycles. The number of thiazole rings is 1. The van der Waals surface area contributed by atoms with E-state index in [1.807, 2.05) is 27.7 Å². The van der Waals surface area contributed by atoms with Crippen molar-refractivity contribution in [2.75, 3.05) is 10.6 Å². The predicted molar refractivity (Wildman–Crippen MR) is 78.9 cm³/mol. The minimum Gasteiger partial charge on any atom is -0.444 e. The van der Waals surface area contributed by atoms with Crippen LogP contribution in [0, 0.1) is 6.92 Å². The van der Waals surface area contributed by atoms with Crippen molar-refractivity contribution in [3.63, 3.8) is 0 Å². The minimum atomic E-state index is -0.498. The van der Waals surface area contributed by atoms with E-state index in [1.54, 1.807) is 0 Å². The molecule has 0 saturated carbocycles. The molecule has 0 radical (unpaired) electrons. The van der Waals surface area contributed by atoms with Gasteiger partial charge in [-0.25, -0.2) is 9.78 Å². The summed E-state index contributed by atoms with van der Waals surface area (Å²) < 4.78 is 5.18. The van der Waals surface area contributed by atoms with Crippen LogP contribution >= 0.6 is 27.3 Å². The van der Waals surface area contributed by atoms with Crippen molar-refractivity contribution in [2.24, 2.45) is 0 Å². The van der Waals surface area contributed by atoms with E-state index >= 15 is 0 Å². The molecule has 0 aromatic carbocycles. The number of ether oxygens (including phenoxy) is 1. The van der Waals surface area contributed by atoms with Gasteiger partial charge >= 0.3 is 6.09 Å². The van der Waals surface area contributed by atoms with Gasteiger partial charge in [0.25, 0.3) is 0 Å². The highest BCUT2D eigenvalue weighted by molar-refractivity contribution is 9.09. The van der Waals surface area contributed by atoms with Crippen LogP contribution in [0.25, 0.3) is 0 Å². The van der Waals surface area contributed by atoms with Crippen LogP contribution in [0.3, 0.4) is 0 Å². The van der Waals surface area contributed by atoms with Crippen LogP contribution < -0.4 is 5.32 Å². The molecule has 1 rings (SSSR count). The van der Waals surface area contributed by atoms with Crippen molar-refractivity contribution in [1.29, 1.82) is 0 Å². The number of aromatic nitrogens is 1. The fourth-order valence-electron chi connectivity index (χ4n) is 1.38. The fraction of sp³-hybridized carbons (Fsp3) is 0.667. The number of nitrogens with one attached hydrogen (secondary N) is 1. The molecule has 1 aromatic heterocycles. The van der Waals surface area contributed by atoms with Crippen molar-refractivity contribution in [3.8, 4) is 0 Å². The first kappa shape index (κ1) is 15.4. The summed E-state index contributed by atoms with van der Waals surface area (Å²) in [5.74, 6) is 0.386. The van der Waals surface area contributed by atoms with Gasteiger partial charge in [-0.1, -0.05) is 22.9 Å². The smallest absolute Gasteiger partial charge is 0.413 e. The summed E-state index contributed by atoms with van der Waals surface area (Å²) in [6, 6.07) is 0. The summed E-state index contributed by atoms with van der Waals surface area (Å²) >= 11 is 4.95. The predicted octanol–water partition coefficient (Wildman–Crippen LogP) is 4.30. The van der Waals surface area contributed by atoms with Gasteiger partial charge in [0.2, 0.25) is 0 Å². The summed E-state index contributed by atoms with van der Waals surface area (Å²) in [5, 5.41) is 4.13. The number of rotatable bonds is 3. The molecule has 0 spiro atoms. The van der Waals surface area contributed by atoms with Crippen molar-refractivity contribution < 1.29 is 9.53 Å². The Balaban J connectivity index is 2.72.